The molecule has 1 fully saturated rings. The van der Waals surface area contributed by atoms with Crippen molar-refractivity contribution >= 4 is 17.5 Å². The van der Waals surface area contributed by atoms with E-state index in [1.54, 1.807) is 19.2 Å². The monoisotopic (exact) mass is 387 g/mol. The summed E-state index contributed by atoms with van der Waals surface area (Å²) in [4.78, 5) is 14.9. The Hall–Kier alpha value is -2.04. The minimum absolute atomic E-state index is 0.138. The lowest BCUT2D eigenvalue weighted by atomic mass is 9.87. The molecule has 0 aliphatic carbocycles. The van der Waals surface area contributed by atoms with Crippen LogP contribution in [-0.2, 0) is 9.53 Å². The molecule has 0 radical (unpaired) electrons. The quantitative estimate of drug-likeness (QED) is 0.796. The molecule has 0 unspecified atom stereocenters. The fourth-order valence-corrected chi connectivity index (χ4v) is 3.98. The average Bonchev–Trinajstić information content (AvgIpc) is 2.67. The molecule has 0 spiro atoms. The largest absolute Gasteiger partial charge is 0.508 e. The third-order valence-electron chi connectivity index (χ3n) is 5.27. The summed E-state index contributed by atoms with van der Waals surface area (Å²) in [6, 6.07) is 14.7. The number of rotatable bonds is 6. The Morgan fingerprint density at radius 3 is 2.48 bits per heavy atom. The minimum atomic E-state index is -0.139. The fraction of sp³-hybridized carbons (Fsp3) is 0.409. The number of piperidine rings is 1. The van der Waals surface area contributed by atoms with Gasteiger partial charge in [0.15, 0.2) is 0 Å². The SMILES string of the molecule is COCC1CCN(C(=O)C[C@H](c2cccc(O)c2)c2cccc(Cl)c2)CC1. The summed E-state index contributed by atoms with van der Waals surface area (Å²) in [5, 5.41) is 10.5. The van der Waals surface area contributed by atoms with Gasteiger partial charge in [-0.2, -0.15) is 0 Å². The molecule has 1 amide bonds. The zero-order valence-corrected chi connectivity index (χ0v) is 16.4. The Morgan fingerprint density at radius 2 is 1.85 bits per heavy atom. The van der Waals surface area contributed by atoms with Crippen LogP contribution < -0.4 is 0 Å². The highest BCUT2D eigenvalue weighted by atomic mass is 35.5. The van der Waals surface area contributed by atoms with Gasteiger partial charge in [-0.3, -0.25) is 4.79 Å². The molecule has 2 aromatic carbocycles. The van der Waals surface area contributed by atoms with E-state index in [4.69, 9.17) is 16.3 Å². The summed E-state index contributed by atoms with van der Waals surface area (Å²) >= 11 is 6.18. The molecule has 2 aromatic rings. The predicted molar refractivity (Wildman–Crippen MR) is 107 cm³/mol. The van der Waals surface area contributed by atoms with E-state index in [0.717, 1.165) is 43.7 Å². The summed E-state index contributed by atoms with van der Waals surface area (Å²) < 4.78 is 5.24. The van der Waals surface area contributed by atoms with Crippen LogP contribution in [0.2, 0.25) is 5.02 Å². The third-order valence-corrected chi connectivity index (χ3v) is 5.51. The number of amides is 1. The molecular weight excluding hydrogens is 362 g/mol. The molecule has 27 heavy (non-hydrogen) atoms. The van der Waals surface area contributed by atoms with Crippen LogP contribution in [0.4, 0.5) is 0 Å². The number of likely N-dealkylation sites (tertiary alicyclic amines) is 1. The van der Waals surface area contributed by atoms with Gasteiger partial charge in [-0.1, -0.05) is 35.9 Å². The first kappa shape index (κ1) is 19.7. The number of hydrogen-bond donors (Lipinski definition) is 1. The highest BCUT2D eigenvalue weighted by Gasteiger charge is 2.26. The van der Waals surface area contributed by atoms with E-state index >= 15 is 0 Å². The first-order valence-corrected chi connectivity index (χ1v) is 9.75. The first-order chi connectivity index (χ1) is 13.1. The van der Waals surface area contributed by atoms with Gasteiger partial charge in [-0.25, -0.2) is 0 Å². The average molecular weight is 388 g/mol. The van der Waals surface area contributed by atoms with Crippen LogP contribution in [0.3, 0.4) is 0 Å². The van der Waals surface area contributed by atoms with Gasteiger partial charge in [-0.15, -0.1) is 0 Å². The summed E-state index contributed by atoms with van der Waals surface area (Å²) in [5.41, 5.74) is 1.90. The zero-order valence-electron chi connectivity index (χ0n) is 15.6. The van der Waals surface area contributed by atoms with Crippen LogP contribution in [-0.4, -0.2) is 42.7 Å². The van der Waals surface area contributed by atoms with Gasteiger partial charge in [0.05, 0.1) is 0 Å². The Bertz CT molecular complexity index is 726. The van der Waals surface area contributed by atoms with E-state index in [1.165, 1.54) is 0 Å². The van der Waals surface area contributed by atoms with Crippen molar-refractivity contribution in [3.05, 3.63) is 64.7 Å². The normalized spacial score (nSPS) is 16.3. The molecule has 1 aliphatic heterocycles. The Labute approximate surface area is 165 Å². The van der Waals surface area contributed by atoms with Gasteiger partial charge in [0.25, 0.3) is 0 Å². The molecule has 0 saturated carbocycles. The number of carbonyl (C=O) groups excluding carboxylic acids is 1. The Balaban J connectivity index is 1.77. The molecule has 3 rings (SSSR count). The van der Waals surface area contributed by atoms with Gasteiger partial charge in [-0.05, 0) is 54.2 Å². The molecule has 0 aromatic heterocycles. The van der Waals surface area contributed by atoms with Crippen molar-refractivity contribution in [3.63, 3.8) is 0 Å². The van der Waals surface area contributed by atoms with E-state index < -0.39 is 0 Å². The molecule has 1 N–H and O–H groups in total. The van der Waals surface area contributed by atoms with Crippen LogP contribution in [0.1, 0.15) is 36.3 Å². The van der Waals surface area contributed by atoms with E-state index in [9.17, 15) is 9.90 Å². The first-order valence-electron chi connectivity index (χ1n) is 9.38. The number of methoxy groups -OCH3 is 1. The van der Waals surface area contributed by atoms with Gasteiger partial charge >= 0.3 is 0 Å². The van der Waals surface area contributed by atoms with Crippen molar-refractivity contribution < 1.29 is 14.6 Å². The number of benzene rings is 2. The van der Waals surface area contributed by atoms with Crippen LogP contribution >= 0.6 is 11.6 Å². The van der Waals surface area contributed by atoms with Crippen molar-refractivity contribution in [2.45, 2.75) is 25.2 Å². The number of ether oxygens (including phenoxy) is 1. The van der Waals surface area contributed by atoms with Gasteiger partial charge in [0, 0.05) is 44.2 Å². The summed E-state index contributed by atoms with van der Waals surface area (Å²) in [6.07, 6.45) is 2.32. The van der Waals surface area contributed by atoms with Crippen molar-refractivity contribution in [2.75, 3.05) is 26.8 Å². The highest BCUT2D eigenvalue weighted by Crippen LogP contribution is 2.32. The van der Waals surface area contributed by atoms with Crippen LogP contribution in [0.25, 0.3) is 0 Å². The number of phenols is 1. The lowest BCUT2D eigenvalue weighted by molar-refractivity contribution is -0.133. The molecule has 4 nitrogen and oxygen atoms in total. The van der Waals surface area contributed by atoms with Crippen molar-refractivity contribution in [2.24, 2.45) is 5.92 Å². The Kier molecular flexibility index (Phi) is 6.75. The lowest BCUT2D eigenvalue weighted by Gasteiger charge is -2.33. The second-order valence-corrected chi connectivity index (χ2v) is 7.62. The van der Waals surface area contributed by atoms with E-state index in [0.29, 0.717) is 17.4 Å². The smallest absolute Gasteiger partial charge is 0.223 e. The molecule has 144 valence electrons. The van der Waals surface area contributed by atoms with E-state index in [1.807, 2.05) is 41.3 Å². The Morgan fingerprint density at radius 1 is 1.19 bits per heavy atom. The molecule has 5 heteroatoms. The maximum Gasteiger partial charge on any atom is 0.223 e. The van der Waals surface area contributed by atoms with Gasteiger partial charge in [0.1, 0.15) is 5.75 Å². The van der Waals surface area contributed by atoms with Crippen molar-refractivity contribution in [1.29, 1.82) is 0 Å². The van der Waals surface area contributed by atoms with Crippen molar-refractivity contribution in [3.8, 4) is 5.75 Å². The second kappa shape index (κ2) is 9.25. The summed E-state index contributed by atoms with van der Waals surface area (Å²) in [6.45, 7) is 2.31. The zero-order chi connectivity index (χ0) is 19.2. The molecular formula is C22H26ClNO3. The molecule has 0 bridgehead atoms. The maximum atomic E-state index is 13.0. The number of aromatic hydroxyl groups is 1. The molecule has 1 aliphatic rings. The second-order valence-electron chi connectivity index (χ2n) is 7.19. The maximum absolute atomic E-state index is 13.0. The number of carbonyl (C=O) groups is 1. The predicted octanol–water partition coefficient (Wildman–Crippen LogP) is 4.45. The van der Waals surface area contributed by atoms with Gasteiger partial charge in [0.2, 0.25) is 5.91 Å². The highest BCUT2D eigenvalue weighted by molar-refractivity contribution is 6.30. The van der Waals surface area contributed by atoms with Gasteiger partial charge < -0.3 is 14.7 Å². The number of nitrogens with zero attached hydrogens (tertiary/aromatic N) is 1. The van der Waals surface area contributed by atoms with Crippen LogP contribution in [0.15, 0.2) is 48.5 Å². The lowest BCUT2D eigenvalue weighted by Crippen LogP contribution is -2.39. The molecule has 1 heterocycles. The number of phenolic OH excluding ortho intramolecular Hbond substituents is 1. The summed E-state index contributed by atoms with van der Waals surface area (Å²) in [5.74, 6) is 0.736. The minimum Gasteiger partial charge on any atom is -0.508 e. The standard InChI is InChI=1S/C22H26ClNO3/c1-27-15-16-8-10-24(11-9-16)22(26)14-21(17-4-2-6-19(23)12-17)18-5-3-7-20(25)13-18/h2-7,12-13,16,21,25H,8-11,14-15H2,1H3/t21-/m0/s1. The topological polar surface area (TPSA) is 49.8 Å². The number of halogens is 1. The molecule has 1 saturated heterocycles. The van der Waals surface area contributed by atoms with Crippen LogP contribution in [0, 0.1) is 5.92 Å². The van der Waals surface area contributed by atoms with E-state index in [2.05, 4.69) is 0 Å². The number of hydrogen-bond acceptors (Lipinski definition) is 3. The summed E-state index contributed by atoms with van der Waals surface area (Å²) in [7, 11) is 1.72. The molecule has 1 atom stereocenters. The van der Waals surface area contributed by atoms with Crippen LogP contribution in [0.5, 0.6) is 5.75 Å². The van der Waals surface area contributed by atoms with Crippen molar-refractivity contribution in [1.82, 2.24) is 4.90 Å². The van der Waals surface area contributed by atoms with E-state index in [-0.39, 0.29) is 17.6 Å². The fourth-order valence-electron chi connectivity index (χ4n) is 3.78. The third kappa shape index (κ3) is 5.24.